The highest BCUT2D eigenvalue weighted by atomic mass is 16.2. The first-order valence-corrected chi connectivity index (χ1v) is 9.45. The maximum Gasteiger partial charge on any atom is 0.251 e. The molecular formula is C20H29N5O2. The summed E-state index contributed by atoms with van der Waals surface area (Å²) in [5, 5.41) is 13.9. The fourth-order valence-electron chi connectivity index (χ4n) is 3.05. The van der Waals surface area contributed by atoms with Crippen LogP contribution in [-0.2, 0) is 4.79 Å². The number of piperazine rings is 1. The molecule has 1 aromatic carbocycles. The van der Waals surface area contributed by atoms with Crippen molar-refractivity contribution < 1.29 is 9.59 Å². The Morgan fingerprint density at radius 3 is 2.44 bits per heavy atom. The monoisotopic (exact) mass is 371 g/mol. The highest BCUT2D eigenvalue weighted by molar-refractivity contribution is 5.94. The molecule has 1 aliphatic heterocycles. The number of carbonyl (C=O) groups excluding carboxylic acids is 2. The largest absolute Gasteiger partial charge is 0.369 e. The highest BCUT2D eigenvalue weighted by Crippen LogP contribution is 2.17. The van der Waals surface area contributed by atoms with Crippen LogP contribution in [0.3, 0.4) is 0 Å². The van der Waals surface area contributed by atoms with Crippen LogP contribution in [0.15, 0.2) is 24.3 Å². The molecule has 27 heavy (non-hydrogen) atoms. The summed E-state index contributed by atoms with van der Waals surface area (Å²) in [6, 6.07) is 9.61. The van der Waals surface area contributed by atoms with E-state index in [4.69, 9.17) is 5.26 Å². The van der Waals surface area contributed by atoms with Crippen LogP contribution in [0.2, 0.25) is 0 Å². The number of hydrogen-bond donors (Lipinski definition) is 2. The first-order chi connectivity index (χ1) is 13.0. The van der Waals surface area contributed by atoms with Gasteiger partial charge in [0.05, 0.1) is 6.07 Å². The number of benzene rings is 1. The lowest BCUT2D eigenvalue weighted by Crippen LogP contribution is -2.44. The van der Waals surface area contributed by atoms with Crippen LogP contribution in [0.5, 0.6) is 0 Å². The molecule has 0 spiro atoms. The van der Waals surface area contributed by atoms with Crippen LogP contribution in [0, 0.1) is 17.2 Å². The van der Waals surface area contributed by atoms with Gasteiger partial charge in [0.2, 0.25) is 5.91 Å². The topological polar surface area (TPSA) is 88.5 Å². The third-order valence-corrected chi connectivity index (χ3v) is 4.82. The second kappa shape index (κ2) is 10.5. The predicted molar refractivity (Wildman–Crippen MR) is 106 cm³/mol. The summed E-state index contributed by atoms with van der Waals surface area (Å²) < 4.78 is 0. The van der Waals surface area contributed by atoms with E-state index in [0.29, 0.717) is 24.9 Å². The molecule has 1 unspecified atom stereocenters. The Bertz CT molecular complexity index is 660. The summed E-state index contributed by atoms with van der Waals surface area (Å²) in [6.07, 6.45) is 1.07. The first kappa shape index (κ1) is 20.7. The number of hydrogen-bond acceptors (Lipinski definition) is 5. The van der Waals surface area contributed by atoms with E-state index >= 15 is 0 Å². The molecule has 2 amide bonds. The Morgan fingerprint density at radius 2 is 1.81 bits per heavy atom. The summed E-state index contributed by atoms with van der Waals surface area (Å²) in [4.78, 5) is 28.5. The minimum atomic E-state index is -0.130. The molecule has 1 aliphatic rings. The van der Waals surface area contributed by atoms with Gasteiger partial charge in [-0.05, 0) is 43.7 Å². The average molecular weight is 371 g/mol. The van der Waals surface area contributed by atoms with Crippen LogP contribution in [0.1, 0.15) is 30.1 Å². The number of nitrogens with zero attached hydrogens (tertiary/aromatic N) is 3. The number of nitriles is 1. The van der Waals surface area contributed by atoms with Crippen LogP contribution in [-0.4, -0.2) is 63.0 Å². The minimum Gasteiger partial charge on any atom is -0.369 e. The molecule has 2 rings (SSSR count). The summed E-state index contributed by atoms with van der Waals surface area (Å²) in [5.74, 6) is -0.0838. The van der Waals surface area contributed by atoms with E-state index in [9.17, 15) is 9.59 Å². The summed E-state index contributed by atoms with van der Waals surface area (Å²) in [5.41, 5.74) is 1.80. The van der Waals surface area contributed by atoms with Crippen LogP contribution in [0.25, 0.3) is 0 Å². The smallest absolute Gasteiger partial charge is 0.251 e. The quantitative estimate of drug-likeness (QED) is 0.671. The Kier molecular flexibility index (Phi) is 8.08. The van der Waals surface area contributed by atoms with E-state index in [-0.39, 0.29) is 24.3 Å². The molecule has 0 aliphatic carbocycles. The van der Waals surface area contributed by atoms with Gasteiger partial charge in [0.25, 0.3) is 5.91 Å². The lowest BCUT2D eigenvalue weighted by molar-refractivity contribution is -0.121. The van der Waals surface area contributed by atoms with Crippen molar-refractivity contribution in [3.63, 3.8) is 0 Å². The molecule has 1 saturated heterocycles. The Balaban J connectivity index is 1.73. The van der Waals surface area contributed by atoms with Gasteiger partial charge in [-0.15, -0.1) is 0 Å². The third-order valence-electron chi connectivity index (χ3n) is 4.82. The van der Waals surface area contributed by atoms with Gasteiger partial charge in [0.15, 0.2) is 0 Å². The van der Waals surface area contributed by atoms with Crippen molar-refractivity contribution in [2.24, 2.45) is 5.92 Å². The molecule has 0 radical (unpaired) electrons. The molecule has 0 saturated carbocycles. The molecule has 1 heterocycles. The second-order valence-electron chi connectivity index (χ2n) is 7.13. The average Bonchev–Trinajstić information content (AvgIpc) is 2.67. The molecule has 2 N–H and O–H groups in total. The van der Waals surface area contributed by atoms with Crippen molar-refractivity contribution >= 4 is 17.5 Å². The van der Waals surface area contributed by atoms with Gasteiger partial charge >= 0.3 is 0 Å². The third kappa shape index (κ3) is 6.91. The Morgan fingerprint density at radius 1 is 1.15 bits per heavy atom. The van der Waals surface area contributed by atoms with Crippen LogP contribution < -0.4 is 15.5 Å². The van der Waals surface area contributed by atoms with Gasteiger partial charge in [-0.25, -0.2) is 0 Å². The number of rotatable bonds is 8. The molecule has 1 aromatic rings. The van der Waals surface area contributed by atoms with Crippen molar-refractivity contribution in [1.82, 2.24) is 15.5 Å². The van der Waals surface area contributed by atoms with Crippen molar-refractivity contribution in [2.45, 2.75) is 19.8 Å². The highest BCUT2D eigenvalue weighted by Gasteiger charge is 2.15. The van der Waals surface area contributed by atoms with Gasteiger partial charge in [0.1, 0.15) is 6.54 Å². The zero-order valence-corrected chi connectivity index (χ0v) is 16.2. The number of carbonyl (C=O) groups is 2. The molecular weight excluding hydrogens is 342 g/mol. The normalized spacial score (nSPS) is 15.7. The molecule has 7 nitrogen and oxygen atoms in total. The maximum atomic E-state index is 12.3. The summed E-state index contributed by atoms with van der Waals surface area (Å²) >= 11 is 0. The minimum absolute atomic E-state index is 0.0341. The van der Waals surface area contributed by atoms with Gasteiger partial charge in [0, 0.05) is 50.4 Å². The number of anilines is 1. The van der Waals surface area contributed by atoms with E-state index in [1.807, 2.05) is 37.3 Å². The van der Waals surface area contributed by atoms with Gasteiger partial charge in [-0.1, -0.05) is 6.92 Å². The van der Waals surface area contributed by atoms with Crippen molar-refractivity contribution in [1.29, 1.82) is 5.26 Å². The Labute approximate surface area is 161 Å². The lowest BCUT2D eigenvalue weighted by atomic mass is 10.0. The van der Waals surface area contributed by atoms with E-state index < -0.39 is 0 Å². The zero-order valence-electron chi connectivity index (χ0n) is 16.2. The van der Waals surface area contributed by atoms with Gasteiger partial charge in [-0.3, -0.25) is 9.59 Å². The first-order valence-electron chi connectivity index (χ1n) is 9.45. The van der Waals surface area contributed by atoms with Crippen molar-refractivity contribution in [2.75, 3.05) is 51.2 Å². The van der Waals surface area contributed by atoms with Crippen LogP contribution >= 0.6 is 0 Å². The van der Waals surface area contributed by atoms with Crippen LogP contribution in [0.4, 0.5) is 5.69 Å². The zero-order chi connectivity index (χ0) is 19.6. The molecule has 146 valence electrons. The molecule has 0 aromatic heterocycles. The summed E-state index contributed by atoms with van der Waals surface area (Å²) in [6.45, 7) is 6.62. The van der Waals surface area contributed by atoms with Gasteiger partial charge < -0.3 is 20.4 Å². The fraction of sp³-hybridized carbons (Fsp3) is 0.550. The van der Waals surface area contributed by atoms with E-state index in [1.54, 1.807) is 0 Å². The second-order valence-corrected chi connectivity index (χ2v) is 7.13. The van der Waals surface area contributed by atoms with E-state index in [0.717, 1.165) is 31.9 Å². The molecule has 1 atom stereocenters. The fourth-order valence-corrected chi connectivity index (χ4v) is 3.05. The SMILES string of the molecule is CC(CCNC(=O)c1ccc(N2CCN(C)CC2)cc1)CC(=O)NCC#N. The number of nitrogens with one attached hydrogen (secondary N) is 2. The predicted octanol–water partition coefficient (Wildman–Crippen LogP) is 1.22. The molecule has 7 heteroatoms. The number of likely N-dealkylation sites (N-methyl/N-ethyl adjacent to an activating group) is 1. The summed E-state index contributed by atoms with van der Waals surface area (Å²) in [7, 11) is 2.13. The number of amides is 2. The maximum absolute atomic E-state index is 12.3. The standard InChI is InChI=1S/C20H29N5O2/c1-16(15-19(26)22-10-8-21)7-9-23-20(27)17-3-5-18(6-4-17)25-13-11-24(2)12-14-25/h3-6,16H,7,9-15H2,1-2H3,(H,22,26)(H,23,27). The van der Waals surface area contributed by atoms with Crippen molar-refractivity contribution in [3.8, 4) is 6.07 Å². The lowest BCUT2D eigenvalue weighted by Gasteiger charge is -2.34. The molecule has 1 fully saturated rings. The van der Waals surface area contributed by atoms with E-state index in [2.05, 4.69) is 27.5 Å². The van der Waals surface area contributed by atoms with Crippen molar-refractivity contribution in [3.05, 3.63) is 29.8 Å². The Hall–Kier alpha value is -2.59. The van der Waals surface area contributed by atoms with Gasteiger partial charge in [-0.2, -0.15) is 5.26 Å². The molecule has 0 bridgehead atoms. The van der Waals surface area contributed by atoms with E-state index in [1.165, 1.54) is 0 Å².